The van der Waals surface area contributed by atoms with E-state index in [1.165, 1.54) is 34.5 Å². The summed E-state index contributed by atoms with van der Waals surface area (Å²) < 4.78 is 26.8. The SMILES string of the molecule is COc1cc2c(cc1OC)C(C(=O)NCC(OC)OC)c1cccc(O)c1O2. The first kappa shape index (κ1) is 19.8. The summed E-state index contributed by atoms with van der Waals surface area (Å²) in [7, 11) is 6.02. The lowest BCUT2D eigenvalue weighted by atomic mass is 9.86. The maximum absolute atomic E-state index is 13.1. The summed E-state index contributed by atoms with van der Waals surface area (Å²) >= 11 is 0. The molecule has 1 atom stereocenters. The monoisotopic (exact) mass is 389 g/mol. The zero-order valence-electron chi connectivity index (χ0n) is 16.1. The van der Waals surface area contributed by atoms with E-state index in [0.717, 1.165) is 0 Å². The predicted octanol–water partition coefficient (Wildman–Crippen LogP) is 2.38. The van der Waals surface area contributed by atoms with Gasteiger partial charge in [0, 0.05) is 31.4 Å². The number of methoxy groups -OCH3 is 4. The summed E-state index contributed by atoms with van der Waals surface area (Å²) in [6, 6.07) is 8.25. The zero-order valence-corrected chi connectivity index (χ0v) is 16.1. The van der Waals surface area contributed by atoms with E-state index in [0.29, 0.717) is 28.4 Å². The third-order valence-corrected chi connectivity index (χ3v) is 4.61. The number of aromatic hydroxyl groups is 1. The molecule has 0 aromatic heterocycles. The van der Waals surface area contributed by atoms with Gasteiger partial charge in [-0.3, -0.25) is 4.79 Å². The summed E-state index contributed by atoms with van der Waals surface area (Å²) in [6.45, 7) is 0.167. The molecule has 2 aromatic rings. The summed E-state index contributed by atoms with van der Waals surface area (Å²) in [5.74, 6) is 0.500. The molecule has 0 fully saturated rings. The van der Waals surface area contributed by atoms with E-state index >= 15 is 0 Å². The highest BCUT2D eigenvalue weighted by molar-refractivity contribution is 5.90. The number of rotatable bonds is 7. The second kappa shape index (κ2) is 8.37. The Hall–Kier alpha value is -2.97. The van der Waals surface area contributed by atoms with E-state index < -0.39 is 12.2 Å². The fourth-order valence-electron chi connectivity index (χ4n) is 3.18. The molecule has 1 aliphatic rings. The van der Waals surface area contributed by atoms with Crippen molar-refractivity contribution in [3.8, 4) is 28.7 Å². The van der Waals surface area contributed by atoms with Crippen LogP contribution in [0.3, 0.4) is 0 Å². The van der Waals surface area contributed by atoms with Gasteiger partial charge in [0.1, 0.15) is 5.75 Å². The van der Waals surface area contributed by atoms with Gasteiger partial charge in [-0.1, -0.05) is 12.1 Å². The number of para-hydroxylation sites is 1. The van der Waals surface area contributed by atoms with Gasteiger partial charge >= 0.3 is 0 Å². The van der Waals surface area contributed by atoms with Crippen LogP contribution >= 0.6 is 0 Å². The van der Waals surface area contributed by atoms with Gasteiger partial charge in [-0.2, -0.15) is 0 Å². The van der Waals surface area contributed by atoms with Crippen LogP contribution in [0.5, 0.6) is 28.7 Å². The normalized spacial score (nSPS) is 14.7. The Morgan fingerprint density at radius 3 is 2.43 bits per heavy atom. The molecule has 0 radical (unpaired) electrons. The molecule has 1 heterocycles. The molecule has 0 spiro atoms. The van der Waals surface area contributed by atoms with Gasteiger partial charge < -0.3 is 34.1 Å². The zero-order chi connectivity index (χ0) is 20.3. The topological polar surface area (TPSA) is 95.5 Å². The lowest BCUT2D eigenvalue weighted by Gasteiger charge is -2.29. The van der Waals surface area contributed by atoms with E-state index in [2.05, 4.69) is 5.32 Å². The van der Waals surface area contributed by atoms with Crippen molar-refractivity contribution in [2.45, 2.75) is 12.2 Å². The van der Waals surface area contributed by atoms with Gasteiger partial charge in [0.25, 0.3) is 0 Å². The standard InChI is InChI=1S/C20H23NO7/c1-24-15-8-12-14(9-16(15)25-2)28-19-11(6-5-7-13(19)22)18(12)20(23)21-10-17(26-3)27-4/h5-9,17-18,22H,10H2,1-4H3,(H,21,23). The van der Waals surface area contributed by atoms with Crippen molar-refractivity contribution in [1.29, 1.82) is 0 Å². The van der Waals surface area contributed by atoms with Crippen molar-refractivity contribution in [3.63, 3.8) is 0 Å². The maximum Gasteiger partial charge on any atom is 0.232 e. The first-order valence-electron chi connectivity index (χ1n) is 8.63. The van der Waals surface area contributed by atoms with Gasteiger partial charge in [0.2, 0.25) is 5.91 Å². The number of nitrogens with one attached hydrogen (secondary N) is 1. The van der Waals surface area contributed by atoms with Gasteiger partial charge in [0.15, 0.2) is 29.3 Å². The summed E-state index contributed by atoms with van der Waals surface area (Å²) in [5.41, 5.74) is 1.14. The Kier molecular flexibility index (Phi) is 5.91. The van der Waals surface area contributed by atoms with Crippen molar-refractivity contribution in [2.24, 2.45) is 0 Å². The highest BCUT2D eigenvalue weighted by Crippen LogP contribution is 2.50. The van der Waals surface area contributed by atoms with Crippen molar-refractivity contribution in [3.05, 3.63) is 41.5 Å². The van der Waals surface area contributed by atoms with Crippen molar-refractivity contribution in [2.75, 3.05) is 35.0 Å². The van der Waals surface area contributed by atoms with Crippen LogP contribution in [0, 0.1) is 0 Å². The fraction of sp³-hybridized carbons (Fsp3) is 0.350. The van der Waals surface area contributed by atoms with Gasteiger partial charge in [-0.25, -0.2) is 0 Å². The molecule has 1 amide bonds. The molecular formula is C20H23NO7. The number of phenols is 1. The average molecular weight is 389 g/mol. The highest BCUT2D eigenvalue weighted by Gasteiger charge is 2.35. The minimum absolute atomic E-state index is 0.0533. The molecule has 0 bridgehead atoms. The second-order valence-corrected chi connectivity index (χ2v) is 6.12. The van der Waals surface area contributed by atoms with Crippen molar-refractivity contribution in [1.82, 2.24) is 5.32 Å². The number of carbonyl (C=O) groups is 1. The molecule has 2 aromatic carbocycles. The molecule has 0 aliphatic carbocycles. The Morgan fingerprint density at radius 2 is 1.79 bits per heavy atom. The number of fused-ring (bicyclic) bond motifs is 2. The lowest BCUT2D eigenvalue weighted by molar-refractivity contribution is -0.128. The van der Waals surface area contributed by atoms with Gasteiger partial charge in [0.05, 0.1) is 26.7 Å². The predicted molar refractivity (Wildman–Crippen MR) is 100 cm³/mol. The first-order valence-corrected chi connectivity index (χ1v) is 8.63. The molecule has 1 aliphatic heterocycles. The van der Waals surface area contributed by atoms with E-state index in [1.807, 2.05) is 0 Å². The number of ether oxygens (including phenoxy) is 5. The molecule has 28 heavy (non-hydrogen) atoms. The van der Waals surface area contributed by atoms with Crippen LogP contribution in [0.15, 0.2) is 30.3 Å². The van der Waals surface area contributed by atoms with Crippen molar-refractivity contribution >= 4 is 5.91 Å². The number of amides is 1. The third kappa shape index (κ3) is 3.56. The largest absolute Gasteiger partial charge is 0.504 e. The fourth-order valence-corrected chi connectivity index (χ4v) is 3.18. The summed E-state index contributed by atoms with van der Waals surface area (Å²) in [5, 5.41) is 13.1. The number of phenolic OH excluding ortho intramolecular Hbond substituents is 1. The molecular weight excluding hydrogens is 366 g/mol. The molecule has 1 unspecified atom stereocenters. The molecule has 3 rings (SSSR count). The maximum atomic E-state index is 13.1. The number of hydrogen-bond acceptors (Lipinski definition) is 7. The van der Waals surface area contributed by atoms with E-state index in [9.17, 15) is 9.90 Å². The van der Waals surface area contributed by atoms with Crippen LogP contribution < -0.4 is 19.5 Å². The molecule has 0 saturated heterocycles. The van der Waals surface area contributed by atoms with Crippen LogP contribution in [0.25, 0.3) is 0 Å². The van der Waals surface area contributed by atoms with Crippen LogP contribution in [0.2, 0.25) is 0 Å². The van der Waals surface area contributed by atoms with Crippen LogP contribution in [0.1, 0.15) is 17.0 Å². The lowest BCUT2D eigenvalue weighted by Crippen LogP contribution is -2.38. The minimum atomic E-state index is -0.722. The van der Waals surface area contributed by atoms with Crippen LogP contribution in [-0.4, -0.2) is 52.3 Å². The van der Waals surface area contributed by atoms with E-state index in [-0.39, 0.29) is 24.0 Å². The number of carbonyl (C=O) groups excluding carboxylic acids is 1. The molecule has 0 saturated carbocycles. The highest BCUT2D eigenvalue weighted by atomic mass is 16.7. The first-order chi connectivity index (χ1) is 13.5. The minimum Gasteiger partial charge on any atom is -0.504 e. The smallest absolute Gasteiger partial charge is 0.232 e. The molecule has 8 heteroatoms. The Bertz CT molecular complexity index is 864. The molecule has 150 valence electrons. The van der Waals surface area contributed by atoms with Crippen LogP contribution in [-0.2, 0) is 14.3 Å². The van der Waals surface area contributed by atoms with Gasteiger partial charge in [-0.05, 0) is 12.1 Å². The quantitative estimate of drug-likeness (QED) is 0.702. The van der Waals surface area contributed by atoms with Gasteiger partial charge in [-0.15, -0.1) is 0 Å². The van der Waals surface area contributed by atoms with E-state index in [4.69, 9.17) is 23.7 Å². The van der Waals surface area contributed by atoms with E-state index in [1.54, 1.807) is 24.3 Å². The average Bonchev–Trinajstić information content (AvgIpc) is 2.72. The Labute approximate surface area is 162 Å². The molecule has 8 nitrogen and oxygen atoms in total. The number of hydrogen-bond donors (Lipinski definition) is 2. The van der Waals surface area contributed by atoms with Crippen LogP contribution in [0.4, 0.5) is 0 Å². The second-order valence-electron chi connectivity index (χ2n) is 6.12. The molecule has 2 N–H and O–H groups in total. The summed E-state index contributed by atoms with van der Waals surface area (Å²) in [6.07, 6.45) is -0.572. The Morgan fingerprint density at radius 1 is 1.11 bits per heavy atom. The number of benzene rings is 2. The van der Waals surface area contributed by atoms with Crippen molar-refractivity contribution < 1.29 is 33.6 Å². The Balaban J connectivity index is 2.05. The third-order valence-electron chi connectivity index (χ3n) is 4.61. The summed E-state index contributed by atoms with van der Waals surface area (Å²) in [4.78, 5) is 13.1.